The van der Waals surface area contributed by atoms with Crippen molar-refractivity contribution < 1.29 is 5.11 Å². The zero-order valence-electron chi connectivity index (χ0n) is 8.58. The molecule has 1 aromatic rings. The van der Waals surface area contributed by atoms with Gasteiger partial charge < -0.3 is 5.11 Å². The maximum absolute atomic E-state index is 10.3. The van der Waals surface area contributed by atoms with Gasteiger partial charge in [0.1, 0.15) is 0 Å². The molecule has 2 rings (SSSR count). The van der Waals surface area contributed by atoms with Crippen molar-refractivity contribution in [2.75, 3.05) is 0 Å². The molecule has 0 amide bonds. The van der Waals surface area contributed by atoms with E-state index in [0.29, 0.717) is 11.8 Å². The summed E-state index contributed by atoms with van der Waals surface area (Å²) in [6.45, 7) is 2.13. The monoisotopic (exact) mass is 332 g/mol. The van der Waals surface area contributed by atoms with Gasteiger partial charge in [0.15, 0.2) is 0 Å². The van der Waals surface area contributed by atoms with Crippen LogP contribution >= 0.6 is 31.9 Å². The summed E-state index contributed by atoms with van der Waals surface area (Å²) >= 11 is 6.92. The topological polar surface area (TPSA) is 20.2 Å². The van der Waals surface area contributed by atoms with Crippen LogP contribution in [0.1, 0.15) is 31.4 Å². The molecule has 1 aliphatic rings. The Kier molecular flexibility index (Phi) is 3.53. The van der Waals surface area contributed by atoms with Gasteiger partial charge in [0, 0.05) is 8.95 Å². The largest absolute Gasteiger partial charge is 0.388 e. The van der Waals surface area contributed by atoms with Crippen LogP contribution in [-0.2, 0) is 0 Å². The number of halogens is 2. The third-order valence-corrected chi connectivity index (χ3v) is 4.36. The third-order valence-electron chi connectivity index (χ3n) is 3.14. The molecule has 0 spiro atoms. The SMILES string of the molecule is CC(C1CC1)C(O)c1cc(Br)ccc1Br. The summed E-state index contributed by atoms with van der Waals surface area (Å²) in [5.74, 6) is 1.07. The minimum Gasteiger partial charge on any atom is -0.388 e. The van der Waals surface area contributed by atoms with E-state index in [4.69, 9.17) is 0 Å². The molecular formula is C12H14Br2O. The lowest BCUT2D eigenvalue weighted by Crippen LogP contribution is -2.11. The Bertz CT molecular complexity index is 361. The zero-order chi connectivity index (χ0) is 11.0. The molecule has 1 aromatic carbocycles. The van der Waals surface area contributed by atoms with E-state index in [9.17, 15) is 5.11 Å². The summed E-state index contributed by atoms with van der Waals surface area (Å²) in [6, 6.07) is 5.94. The van der Waals surface area contributed by atoms with Crippen LogP contribution in [0.2, 0.25) is 0 Å². The first-order valence-corrected chi connectivity index (χ1v) is 6.81. The van der Waals surface area contributed by atoms with Crippen molar-refractivity contribution in [1.29, 1.82) is 0 Å². The second-order valence-corrected chi connectivity index (χ2v) is 6.08. The minimum atomic E-state index is -0.357. The molecule has 2 unspecified atom stereocenters. The summed E-state index contributed by atoms with van der Waals surface area (Å²) in [6.07, 6.45) is 2.18. The number of benzene rings is 1. The summed E-state index contributed by atoms with van der Waals surface area (Å²) in [7, 11) is 0. The molecule has 15 heavy (non-hydrogen) atoms. The second-order valence-electron chi connectivity index (χ2n) is 4.31. The smallest absolute Gasteiger partial charge is 0.0829 e. The Hall–Kier alpha value is 0.140. The molecule has 1 saturated carbocycles. The molecular weight excluding hydrogens is 320 g/mol. The van der Waals surface area contributed by atoms with E-state index in [-0.39, 0.29) is 6.10 Å². The molecule has 0 saturated heterocycles. The average molecular weight is 334 g/mol. The van der Waals surface area contributed by atoms with Gasteiger partial charge in [-0.15, -0.1) is 0 Å². The highest BCUT2D eigenvalue weighted by Gasteiger charge is 2.33. The van der Waals surface area contributed by atoms with Crippen LogP contribution in [-0.4, -0.2) is 5.11 Å². The lowest BCUT2D eigenvalue weighted by Gasteiger charge is -2.20. The average Bonchev–Trinajstić information content (AvgIpc) is 3.03. The number of aliphatic hydroxyl groups excluding tert-OH is 1. The maximum atomic E-state index is 10.3. The predicted octanol–water partition coefficient (Wildman–Crippen LogP) is 4.29. The van der Waals surface area contributed by atoms with Crippen molar-refractivity contribution in [3.63, 3.8) is 0 Å². The predicted molar refractivity (Wildman–Crippen MR) is 68.7 cm³/mol. The van der Waals surface area contributed by atoms with Crippen molar-refractivity contribution in [3.8, 4) is 0 Å². The molecule has 0 aliphatic heterocycles. The summed E-state index contributed by atoms with van der Waals surface area (Å²) in [5.41, 5.74) is 0.990. The first-order chi connectivity index (χ1) is 7.09. The van der Waals surface area contributed by atoms with E-state index in [1.165, 1.54) is 12.8 Å². The van der Waals surface area contributed by atoms with Crippen LogP contribution in [0.5, 0.6) is 0 Å². The van der Waals surface area contributed by atoms with Crippen molar-refractivity contribution in [2.45, 2.75) is 25.9 Å². The molecule has 0 bridgehead atoms. The van der Waals surface area contributed by atoms with Gasteiger partial charge in [0.25, 0.3) is 0 Å². The molecule has 3 heteroatoms. The molecule has 1 aliphatic carbocycles. The van der Waals surface area contributed by atoms with E-state index < -0.39 is 0 Å². The zero-order valence-corrected chi connectivity index (χ0v) is 11.8. The second kappa shape index (κ2) is 4.56. The van der Waals surface area contributed by atoms with Crippen molar-refractivity contribution >= 4 is 31.9 Å². The molecule has 0 radical (unpaired) electrons. The number of aliphatic hydroxyl groups is 1. The van der Waals surface area contributed by atoms with Gasteiger partial charge in [0.05, 0.1) is 6.10 Å². The Morgan fingerprint density at radius 1 is 1.33 bits per heavy atom. The van der Waals surface area contributed by atoms with Crippen LogP contribution in [0.25, 0.3) is 0 Å². The summed E-state index contributed by atoms with van der Waals surface area (Å²) in [4.78, 5) is 0. The first kappa shape index (κ1) is 11.6. The highest BCUT2D eigenvalue weighted by Crippen LogP contribution is 2.44. The van der Waals surface area contributed by atoms with Crippen molar-refractivity contribution in [3.05, 3.63) is 32.7 Å². The minimum absolute atomic E-state index is 0.357. The van der Waals surface area contributed by atoms with Crippen LogP contribution in [0.4, 0.5) is 0 Å². The van der Waals surface area contributed by atoms with Crippen molar-refractivity contribution in [1.82, 2.24) is 0 Å². The van der Waals surface area contributed by atoms with Crippen LogP contribution in [0.3, 0.4) is 0 Å². The summed E-state index contributed by atoms with van der Waals surface area (Å²) < 4.78 is 2.01. The molecule has 1 nitrogen and oxygen atoms in total. The fraction of sp³-hybridized carbons (Fsp3) is 0.500. The lowest BCUT2D eigenvalue weighted by atomic mass is 9.93. The van der Waals surface area contributed by atoms with E-state index in [1.807, 2.05) is 18.2 Å². The fourth-order valence-corrected chi connectivity index (χ4v) is 2.76. The lowest BCUT2D eigenvalue weighted by molar-refractivity contribution is 0.105. The normalized spacial score (nSPS) is 20.0. The molecule has 0 heterocycles. The molecule has 82 valence electrons. The van der Waals surface area contributed by atoms with Crippen LogP contribution in [0.15, 0.2) is 27.1 Å². The van der Waals surface area contributed by atoms with Gasteiger partial charge in [-0.25, -0.2) is 0 Å². The van der Waals surface area contributed by atoms with Crippen LogP contribution in [0, 0.1) is 11.8 Å². The van der Waals surface area contributed by atoms with Gasteiger partial charge >= 0.3 is 0 Å². The van der Waals surface area contributed by atoms with Gasteiger partial charge in [-0.2, -0.15) is 0 Å². The van der Waals surface area contributed by atoms with Gasteiger partial charge in [0.2, 0.25) is 0 Å². The molecule has 1 N–H and O–H groups in total. The number of hydrogen-bond donors (Lipinski definition) is 1. The molecule has 1 fully saturated rings. The van der Waals surface area contributed by atoms with Gasteiger partial charge in [-0.1, -0.05) is 38.8 Å². The van der Waals surface area contributed by atoms with E-state index in [1.54, 1.807) is 0 Å². The third kappa shape index (κ3) is 2.63. The number of rotatable bonds is 3. The summed E-state index contributed by atoms with van der Waals surface area (Å²) in [5, 5.41) is 10.3. The van der Waals surface area contributed by atoms with Gasteiger partial charge in [-0.3, -0.25) is 0 Å². The Labute approximate surface area is 107 Å². The van der Waals surface area contributed by atoms with Gasteiger partial charge in [-0.05, 0) is 48.4 Å². The first-order valence-electron chi connectivity index (χ1n) is 5.22. The van der Waals surface area contributed by atoms with Crippen molar-refractivity contribution in [2.24, 2.45) is 11.8 Å². The van der Waals surface area contributed by atoms with E-state index in [0.717, 1.165) is 14.5 Å². The Morgan fingerprint density at radius 3 is 2.60 bits per heavy atom. The Balaban J connectivity index is 2.23. The highest BCUT2D eigenvalue weighted by atomic mass is 79.9. The quantitative estimate of drug-likeness (QED) is 0.874. The standard InChI is InChI=1S/C12H14Br2O/c1-7(8-2-3-8)12(15)10-6-9(13)4-5-11(10)14/h4-8,12,15H,2-3H2,1H3. The van der Waals surface area contributed by atoms with Crippen LogP contribution < -0.4 is 0 Å². The maximum Gasteiger partial charge on any atom is 0.0829 e. The Morgan fingerprint density at radius 2 is 2.00 bits per heavy atom. The molecule has 0 aromatic heterocycles. The number of hydrogen-bond acceptors (Lipinski definition) is 1. The van der Waals surface area contributed by atoms with E-state index in [2.05, 4.69) is 38.8 Å². The fourth-order valence-electron chi connectivity index (χ4n) is 1.90. The highest BCUT2D eigenvalue weighted by molar-refractivity contribution is 9.11. The molecule has 2 atom stereocenters. The van der Waals surface area contributed by atoms with E-state index >= 15 is 0 Å².